The van der Waals surface area contributed by atoms with E-state index in [0.717, 1.165) is 28.7 Å². The van der Waals surface area contributed by atoms with E-state index in [1.807, 2.05) is 24.3 Å². The zero-order chi connectivity index (χ0) is 14.7. The first-order valence-electron chi connectivity index (χ1n) is 7.15. The Bertz CT molecular complexity index is 604. The van der Waals surface area contributed by atoms with Crippen molar-refractivity contribution < 1.29 is 4.52 Å². The van der Waals surface area contributed by atoms with Gasteiger partial charge in [0, 0.05) is 9.92 Å². The predicted octanol–water partition coefficient (Wildman–Crippen LogP) is 4.08. The fourth-order valence-electron chi connectivity index (χ4n) is 2.47. The zero-order valence-electron chi connectivity index (χ0n) is 11.9. The van der Waals surface area contributed by atoms with Gasteiger partial charge in [-0.3, -0.25) is 0 Å². The molecule has 1 aromatic carbocycles. The summed E-state index contributed by atoms with van der Waals surface area (Å²) in [6, 6.07) is 7.99. The molecule has 2 aromatic rings. The van der Waals surface area contributed by atoms with E-state index in [1.54, 1.807) is 11.8 Å². The van der Waals surface area contributed by atoms with Gasteiger partial charge in [0.2, 0.25) is 5.89 Å². The summed E-state index contributed by atoms with van der Waals surface area (Å²) in [5.41, 5.74) is 0. The van der Waals surface area contributed by atoms with Crippen LogP contribution in [0.1, 0.15) is 37.5 Å². The van der Waals surface area contributed by atoms with Gasteiger partial charge in [0.15, 0.2) is 5.82 Å². The second-order valence-electron chi connectivity index (χ2n) is 5.43. The van der Waals surface area contributed by atoms with Crippen molar-refractivity contribution in [2.24, 2.45) is 5.92 Å². The first-order chi connectivity index (χ1) is 10.2. The molecule has 2 heterocycles. The first kappa shape index (κ1) is 14.9. The molecule has 1 aliphatic heterocycles. The smallest absolute Gasteiger partial charge is 0.243 e. The first-order valence-corrected chi connectivity index (χ1v) is 8.51. The van der Waals surface area contributed by atoms with Crippen LogP contribution in [0, 0.1) is 5.92 Å². The number of nitrogens with one attached hydrogen (secondary N) is 1. The standard InChI is InChI=1S/C15H18ClN3OS/c1-10-5-6-17-13(7-10)15-18-14(19-20-15)9-21-12-4-2-3-11(16)8-12/h2-4,8,10,13,17H,5-7,9H2,1H3. The number of nitrogens with zero attached hydrogens (tertiary/aromatic N) is 2. The molecule has 3 rings (SSSR count). The fraction of sp³-hybridized carbons (Fsp3) is 0.467. The number of benzene rings is 1. The third kappa shape index (κ3) is 3.99. The Balaban J connectivity index is 1.60. The summed E-state index contributed by atoms with van der Waals surface area (Å²) in [5.74, 6) is 2.83. The molecule has 0 aliphatic carbocycles. The van der Waals surface area contributed by atoms with Crippen LogP contribution in [-0.2, 0) is 5.75 Å². The lowest BCUT2D eigenvalue weighted by molar-refractivity contribution is 0.259. The van der Waals surface area contributed by atoms with Crippen LogP contribution in [0.3, 0.4) is 0 Å². The number of rotatable bonds is 4. The highest BCUT2D eigenvalue weighted by molar-refractivity contribution is 7.98. The Morgan fingerprint density at radius 2 is 2.38 bits per heavy atom. The monoisotopic (exact) mass is 323 g/mol. The Morgan fingerprint density at radius 3 is 3.19 bits per heavy atom. The van der Waals surface area contributed by atoms with E-state index in [2.05, 4.69) is 22.4 Å². The molecule has 112 valence electrons. The molecule has 2 atom stereocenters. The van der Waals surface area contributed by atoms with E-state index in [0.29, 0.717) is 17.6 Å². The van der Waals surface area contributed by atoms with Crippen molar-refractivity contribution in [2.75, 3.05) is 6.54 Å². The van der Waals surface area contributed by atoms with E-state index >= 15 is 0 Å². The van der Waals surface area contributed by atoms with Crippen LogP contribution in [0.5, 0.6) is 0 Å². The summed E-state index contributed by atoms with van der Waals surface area (Å²) in [4.78, 5) is 5.62. The molecule has 1 aliphatic rings. The van der Waals surface area contributed by atoms with Gasteiger partial charge in [-0.15, -0.1) is 11.8 Å². The molecular formula is C15H18ClN3OS. The lowest BCUT2D eigenvalue weighted by Gasteiger charge is -2.25. The number of hydrogen-bond donors (Lipinski definition) is 1. The molecule has 0 spiro atoms. The Hall–Kier alpha value is -1.04. The number of hydrogen-bond acceptors (Lipinski definition) is 5. The van der Waals surface area contributed by atoms with E-state index < -0.39 is 0 Å². The molecule has 1 fully saturated rings. The Kier molecular flexibility index (Phi) is 4.83. The molecule has 0 radical (unpaired) electrons. The van der Waals surface area contributed by atoms with Gasteiger partial charge in [0.05, 0.1) is 11.8 Å². The van der Waals surface area contributed by atoms with Gasteiger partial charge in [-0.05, 0) is 43.5 Å². The highest BCUT2D eigenvalue weighted by Crippen LogP contribution is 2.27. The molecule has 1 saturated heterocycles. The quantitative estimate of drug-likeness (QED) is 0.859. The van der Waals surface area contributed by atoms with Gasteiger partial charge in [0.1, 0.15) is 0 Å². The lowest BCUT2D eigenvalue weighted by atomic mass is 9.94. The number of aromatic nitrogens is 2. The maximum absolute atomic E-state index is 5.97. The molecule has 21 heavy (non-hydrogen) atoms. The van der Waals surface area contributed by atoms with Gasteiger partial charge in [-0.2, -0.15) is 4.98 Å². The second kappa shape index (κ2) is 6.81. The third-order valence-corrected chi connectivity index (χ3v) is 4.84. The van der Waals surface area contributed by atoms with Crippen LogP contribution < -0.4 is 5.32 Å². The largest absolute Gasteiger partial charge is 0.338 e. The van der Waals surface area contributed by atoms with Gasteiger partial charge in [0.25, 0.3) is 0 Å². The van der Waals surface area contributed by atoms with E-state index in [4.69, 9.17) is 16.1 Å². The number of thioether (sulfide) groups is 1. The number of piperidine rings is 1. The van der Waals surface area contributed by atoms with Crippen LogP contribution in [-0.4, -0.2) is 16.7 Å². The molecule has 0 saturated carbocycles. The molecular weight excluding hydrogens is 306 g/mol. The maximum Gasteiger partial charge on any atom is 0.243 e. The minimum absolute atomic E-state index is 0.200. The Labute approximate surface area is 133 Å². The summed E-state index contributed by atoms with van der Waals surface area (Å²) in [5, 5.41) is 8.26. The average molecular weight is 324 g/mol. The fourth-order valence-corrected chi connectivity index (χ4v) is 3.52. The predicted molar refractivity (Wildman–Crippen MR) is 84.5 cm³/mol. The SMILES string of the molecule is CC1CCNC(c2nc(CSc3cccc(Cl)c3)no2)C1. The van der Waals surface area contributed by atoms with Crippen molar-refractivity contribution >= 4 is 23.4 Å². The zero-order valence-corrected chi connectivity index (χ0v) is 13.5. The second-order valence-corrected chi connectivity index (χ2v) is 6.92. The van der Waals surface area contributed by atoms with Crippen LogP contribution in [0.2, 0.25) is 5.02 Å². The average Bonchev–Trinajstić information content (AvgIpc) is 2.94. The summed E-state index contributed by atoms with van der Waals surface area (Å²) in [7, 11) is 0. The van der Waals surface area contributed by atoms with Crippen molar-refractivity contribution in [3.63, 3.8) is 0 Å². The normalized spacial score (nSPS) is 22.4. The molecule has 1 aromatic heterocycles. The van der Waals surface area contributed by atoms with E-state index in [-0.39, 0.29) is 6.04 Å². The molecule has 2 unspecified atom stereocenters. The van der Waals surface area contributed by atoms with Crippen LogP contribution in [0.25, 0.3) is 0 Å². The molecule has 1 N–H and O–H groups in total. The molecule has 4 nitrogen and oxygen atoms in total. The van der Waals surface area contributed by atoms with Crippen molar-refractivity contribution in [2.45, 2.75) is 36.5 Å². The summed E-state index contributed by atoms with van der Waals surface area (Å²) in [6.07, 6.45) is 2.27. The molecule has 6 heteroatoms. The van der Waals surface area contributed by atoms with Crippen LogP contribution >= 0.6 is 23.4 Å². The van der Waals surface area contributed by atoms with Gasteiger partial charge >= 0.3 is 0 Å². The lowest BCUT2D eigenvalue weighted by Crippen LogP contribution is -2.30. The summed E-state index contributed by atoms with van der Waals surface area (Å²) in [6.45, 7) is 3.28. The topological polar surface area (TPSA) is 51.0 Å². The summed E-state index contributed by atoms with van der Waals surface area (Å²) >= 11 is 7.63. The number of halogens is 1. The van der Waals surface area contributed by atoms with Crippen molar-refractivity contribution in [3.05, 3.63) is 41.0 Å². The minimum atomic E-state index is 0.200. The van der Waals surface area contributed by atoms with E-state index in [9.17, 15) is 0 Å². The van der Waals surface area contributed by atoms with Gasteiger partial charge in [-0.1, -0.05) is 29.7 Å². The highest BCUT2D eigenvalue weighted by Gasteiger charge is 2.24. The highest BCUT2D eigenvalue weighted by atomic mass is 35.5. The van der Waals surface area contributed by atoms with Crippen molar-refractivity contribution in [3.8, 4) is 0 Å². The third-order valence-electron chi connectivity index (χ3n) is 3.61. The van der Waals surface area contributed by atoms with Crippen LogP contribution in [0.15, 0.2) is 33.7 Å². The minimum Gasteiger partial charge on any atom is -0.338 e. The van der Waals surface area contributed by atoms with Crippen LogP contribution in [0.4, 0.5) is 0 Å². The molecule has 0 bridgehead atoms. The molecule has 0 amide bonds. The Morgan fingerprint density at radius 1 is 1.48 bits per heavy atom. The summed E-state index contributed by atoms with van der Waals surface area (Å²) < 4.78 is 5.40. The van der Waals surface area contributed by atoms with E-state index in [1.165, 1.54) is 6.42 Å². The van der Waals surface area contributed by atoms with Crippen molar-refractivity contribution in [1.82, 2.24) is 15.5 Å². The van der Waals surface area contributed by atoms with Crippen molar-refractivity contribution in [1.29, 1.82) is 0 Å². The van der Waals surface area contributed by atoms with Gasteiger partial charge in [-0.25, -0.2) is 0 Å². The maximum atomic E-state index is 5.97. The van der Waals surface area contributed by atoms with Gasteiger partial charge < -0.3 is 9.84 Å².